The van der Waals surface area contributed by atoms with Gasteiger partial charge in [0.2, 0.25) is 0 Å². The number of hydrogen-bond acceptors (Lipinski definition) is 5. The molecule has 0 aliphatic heterocycles. The molecule has 2 aliphatic rings. The number of aryl methyl sites for hydroxylation is 1. The number of carboxylic acids is 1. The Balaban J connectivity index is 1.61. The van der Waals surface area contributed by atoms with Crippen molar-refractivity contribution in [2.45, 2.75) is 52.1 Å². The van der Waals surface area contributed by atoms with E-state index in [1.165, 1.54) is 6.08 Å². The van der Waals surface area contributed by atoms with Crippen molar-refractivity contribution in [3.63, 3.8) is 0 Å². The average Bonchev–Trinajstić information content (AvgIpc) is 3.32. The summed E-state index contributed by atoms with van der Waals surface area (Å²) < 4.78 is 11.0. The number of ether oxygens (including phenoxy) is 1. The first-order valence-electron chi connectivity index (χ1n) is 11.6. The van der Waals surface area contributed by atoms with Gasteiger partial charge in [-0.3, -0.25) is 0 Å². The summed E-state index contributed by atoms with van der Waals surface area (Å²) in [6.45, 7) is 4.46. The quantitative estimate of drug-likeness (QED) is 0.581. The van der Waals surface area contributed by atoms with Crippen molar-refractivity contribution in [2.75, 3.05) is 6.61 Å². The summed E-state index contributed by atoms with van der Waals surface area (Å²) in [5, 5.41) is 20.5. The van der Waals surface area contributed by atoms with Crippen molar-refractivity contribution in [3.8, 4) is 0 Å². The fraction of sp³-hybridized carbons (Fsp3) is 0.481. The fourth-order valence-electron chi connectivity index (χ4n) is 6.18. The molecule has 2 aromatic rings. The van der Waals surface area contributed by atoms with E-state index in [-0.39, 0.29) is 29.8 Å². The molecule has 1 heterocycles. The number of aliphatic hydroxyl groups excluding tert-OH is 1. The van der Waals surface area contributed by atoms with Gasteiger partial charge >= 0.3 is 11.9 Å². The molecule has 1 aromatic heterocycles. The highest BCUT2D eigenvalue weighted by Crippen LogP contribution is 2.62. The molecule has 0 bridgehead atoms. The minimum Gasteiger partial charge on any atom is -0.478 e. The second kappa shape index (κ2) is 9.18. The predicted molar refractivity (Wildman–Crippen MR) is 123 cm³/mol. The molecule has 0 spiro atoms. The third kappa shape index (κ3) is 4.49. The van der Waals surface area contributed by atoms with Crippen LogP contribution in [-0.2, 0) is 16.0 Å². The third-order valence-corrected chi connectivity index (χ3v) is 8.15. The summed E-state index contributed by atoms with van der Waals surface area (Å²) in [6, 6.07) is 10.9. The molecule has 1 fully saturated rings. The first kappa shape index (κ1) is 23.3. The van der Waals surface area contributed by atoms with Crippen LogP contribution in [0, 0.1) is 22.7 Å². The minimum absolute atomic E-state index is 0.0514. The molecule has 0 saturated heterocycles. The van der Waals surface area contributed by atoms with Gasteiger partial charge < -0.3 is 19.4 Å². The number of carbonyl (C=O) groups is 2. The summed E-state index contributed by atoms with van der Waals surface area (Å²) in [5.74, 6) is -1.32. The number of furan rings is 1. The monoisotopic (exact) mass is 452 g/mol. The topological polar surface area (TPSA) is 97.0 Å². The molecule has 1 aromatic carbocycles. The molecule has 0 amide bonds. The number of rotatable bonds is 7. The Morgan fingerprint density at radius 1 is 1.18 bits per heavy atom. The summed E-state index contributed by atoms with van der Waals surface area (Å²) in [6.07, 6.45) is 7.57. The molecule has 33 heavy (non-hydrogen) atoms. The molecule has 1 saturated carbocycles. The zero-order valence-corrected chi connectivity index (χ0v) is 19.2. The number of benzene rings is 1. The van der Waals surface area contributed by atoms with Gasteiger partial charge in [-0.1, -0.05) is 32.0 Å². The van der Waals surface area contributed by atoms with E-state index in [1.54, 1.807) is 36.8 Å². The number of carbonyl (C=O) groups excluding carboxylic acids is 1. The van der Waals surface area contributed by atoms with Crippen molar-refractivity contribution >= 4 is 11.9 Å². The first-order chi connectivity index (χ1) is 15.7. The molecular formula is C27H32O6. The molecule has 6 nitrogen and oxygen atoms in total. The summed E-state index contributed by atoms with van der Waals surface area (Å²) in [7, 11) is 0. The van der Waals surface area contributed by atoms with E-state index in [1.807, 2.05) is 19.1 Å². The van der Waals surface area contributed by atoms with Gasteiger partial charge in [0.15, 0.2) is 0 Å². The minimum atomic E-state index is -0.965. The van der Waals surface area contributed by atoms with Crippen molar-refractivity contribution < 1.29 is 29.0 Å². The molecule has 0 unspecified atom stereocenters. The van der Waals surface area contributed by atoms with Gasteiger partial charge in [-0.05, 0) is 79.2 Å². The molecule has 2 N–H and O–H groups in total. The number of aliphatic hydroxyl groups is 1. The van der Waals surface area contributed by atoms with Crippen molar-refractivity contribution in [3.05, 3.63) is 71.7 Å². The van der Waals surface area contributed by atoms with Gasteiger partial charge in [-0.15, -0.1) is 0 Å². The second-order valence-corrected chi connectivity index (χ2v) is 10.00. The summed E-state index contributed by atoms with van der Waals surface area (Å²) in [5.41, 5.74) is 1.02. The summed E-state index contributed by atoms with van der Waals surface area (Å²) in [4.78, 5) is 24.7. The number of aliphatic carboxylic acids is 1. The van der Waals surface area contributed by atoms with Crippen LogP contribution in [0.5, 0.6) is 0 Å². The number of hydrogen-bond donors (Lipinski definition) is 2. The lowest BCUT2D eigenvalue weighted by Crippen LogP contribution is -2.54. The van der Waals surface area contributed by atoms with Crippen molar-refractivity contribution in [1.82, 2.24) is 0 Å². The van der Waals surface area contributed by atoms with Crippen molar-refractivity contribution in [2.24, 2.45) is 22.7 Å². The van der Waals surface area contributed by atoms with Crippen LogP contribution < -0.4 is 0 Å². The number of carboxylic acid groups (broad SMARTS) is 1. The highest BCUT2D eigenvalue weighted by molar-refractivity contribution is 5.89. The van der Waals surface area contributed by atoms with Crippen LogP contribution in [0.1, 0.15) is 55.5 Å². The van der Waals surface area contributed by atoms with Crippen LogP contribution in [0.25, 0.3) is 0 Å². The normalized spacial score (nSPS) is 31.4. The molecule has 4 rings (SSSR count). The lowest BCUT2D eigenvalue weighted by atomic mass is 9.46. The van der Waals surface area contributed by atoms with Crippen LogP contribution in [0.3, 0.4) is 0 Å². The smallest absolute Gasteiger partial charge is 0.338 e. The van der Waals surface area contributed by atoms with Crippen LogP contribution in [-0.4, -0.2) is 34.9 Å². The third-order valence-electron chi connectivity index (χ3n) is 8.15. The second-order valence-electron chi connectivity index (χ2n) is 10.00. The molecular weight excluding hydrogens is 420 g/mol. The highest BCUT2D eigenvalue weighted by Gasteiger charge is 2.57. The fourth-order valence-corrected chi connectivity index (χ4v) is 6.18. The predicted octanol–water partition coefficient (Wildman–Crippen LogP) is 4.88. The van der Waals surface area contributed by atoms with Gasteiger partial charge in [-0.2, -0.15) is 0 Å². The largest absolute Gasteiger partial charge is 0.478 e. The lowest BCUT2D eigenvalue weighted by Gasteiger charge is -2.58. The Morgan fingerprint density at radius 3 is 2.61 bits per heavy atom. The lowest BCUT2D eigenvalue weighted by molar-refractivity contribution is -0.139. The molecule has 5 atom stereocenters. The Labute approximate surface area is 194 Å². The average molecular weight is 453 g/mol. The maximum Gasteiger partial charge on any atom is 0.338 e. The van der Waals surface area contributed by atoms with Gasteiger partial charge in [0.25, 0.3) is 0 Å². The van der Waals surface area contributed by atoms with E-state index in [2.05, 4.69) is 6.92 Å². The SMILES string of the molecule is C[C@@]1(CCc2ccoc2)[C@H](COC(=O)c2ccccc2)CC[C@]2(C)C(C(=O)O)=C[C@H](O)C[C@@H]12. The van der Waals surface area contributed by atoms with E-state index >= 15 is 0 Å². The summed E-state index contributed by atoms with van der Waals surface area (Å²) >= 11 is 0. The first-order valence-corrected chi connectivity index (χ1v) is 11.6. The molecule has 0 radical (unpaired) electrons. The number of esters is 1. The zero-order valence-electron chi connectivity index (χ0n) is 19.2. The Bertz CT molecular complexity index is 1010. The van der Waals surface area contributed by atoms with Crippen molar-refractivity contribution in [1.29, 1.82) is 0 Å². The standard InChI is InChI=1S/C27H32O6/c1-26(11-8-18-10-13-32-16-18)20(17-33-25(31)19-6-4-3-5-7-19)9-12-27(2)22(24(29)30)14-21(28)15-23(26)27/h3-7,10,13-14,16,20-21,23,28H,8-9,11-12,15,17H2,1-2H3,(H,29,30)/t20-,21-,23-,26+,27+/m0/s1. The maximum absolute atomic E-state index is 12.6. The van der Waals surface area contributed by atoms with Gasteiger partial charge in [0, 0.05) is 11.0 Å². The molecule has 2 aliphatic carbocycles. The van der Waals surface area contributed by atoms with E-state index in [4.69, 9.17) is 9.15 Å². The Hall–Kier alpha value is -2.86. The van der Waals surface area contributed by atoms with Gasteiger partial charge in [0.1, 0.15) is 0 Å². The van der Waals surface area contributed by atoms with Crippen LogP contribution >= 0.6 is 0 Å². The maximum atomic E-state index is 12.6. The zero-order chi connectivity index (χ0) is 23.6. The molecule has 176 valence electrons. The number of fused-ring (bicyclic) bond motifs is 1. The van der Waals surface area contributed by atoms with Gasteiger partial charge in [0.05, 0.1) is 30.8 Å². The van der Waals surface area contributed by atoms with E-state index in [0.29, 0.717) is 24.0 Å². The Morgan fingerprint density at radius 2 is 1.94 bits per heavy atom. The van der Waals surface area contributed by atoms with Crippen LogP contribution in [0.4, 0.5) is 0 Å². The van der Waals surface area contributed by atoms with E-state index < -0.39 is 17.5 Å². The van der Waals surface area contributed by atoms with Gasteiger partial charge in [-0.25, -0.2) is 9.59 Å². The van der Waals surface area contributed by atoms with Crippen LogP contribution in [0.2, 0.25) is 0 Å². The highest BCUT2D eigenvalue weighted by atomic mass is 16.5. The molecule has 6 heteroatoms. The Kier molecular flexibility index (Phi) is 6.48. The van der Waals surface area contributed by atoms with Crippen LogP contribution in [0.15, 0.2) is 65.0 Å². The van der Waals surface area contributed by atoms with E-state index in [0.717, 1.165) is 24.8 Å². The van der Waals surface area contributed by atoms with E-state index in [9.17, 15) is 19.8 Å².